The van der Waals surface area contributed by atoms with Gasteiger partial charge < -0.3 is 47.8 Å². The Morgan fingerprint density at radius 2 is 1.05 bits per heavy atom. The van der Waals surface area contributed by atoms with Crippen LogP contribution in [-0.2, 0) is 88.2 Å². The van der Waals surface area contributed by atoms with Crippen LogP contribution in [0.25, 0.3) is 22.1 Å². The van der Waals surface area contributed by atoms with Crippen molar-refractivity contribution >= 4 is 58.4 Å². The third-order valence-electron chi connectivity index (χ3n) is 20.9. The number of hydrogen-bond donors (Lipinski definition) is 0. The molecule has 94 heavy (non-hydrogen) atoms. The van der Waals surface area contributed by atoms with Crippen molar-refractivity contribution in [3.63, 3.8) is 0 Å². The summed E-state index contributed by atoms with van der Waals surface area (Å²) in [7, 11) is 0. The van der Waals surface area contributed by atoms with Gasteiger partial charge in [-0.15, -0.1) is 0 Å². The van der Waals surface area contributed by atoms with Gasteiger partial charge in [0.2, 0.25) is 23.6 Å². The minimum absolute atomic E-state index is 0. The predicted octanol–water partition coefficient (Wildman–Crippen LogP) is 12.7. The van der Waals surface area contributed by atoms with Gasteiger partial charge in [0.05, 0.1) is 59.8 Å². The molecule has 5 fully saturated rings. The standard InChI is InChI=1S/C35H44F2N3O6.C35H46F2N3O6.2V/c1-5-21-28(18-41)40-17-30(21)46-32-26(38-25-12-11-20(44-34(36)37)15-27(25)39-32)10-8-6-7-9-22-23-13-19(23)14-29(22)45-31(42)16-24(33(40)43)35(2,3)4;1-6-23-28(20-41)40-19-29(23)45-31-26(38-25-15-14-22(44-33(36)37)17-27(25)39-31)13-9-7-8-11-21-12-10-16-35(21,5)46-30(42)18-24(32(40)43)34(2,3)4;;/h11-12,15,19,21-24,28-30,34H,5-10,13-14,16-17H2,1-4H3;14-15,17,21,23-24,28-29,33H,6-13,16,18-19H2,1-5H3;;/q2*-1;;/t19?,21-,22+,23?,24+,28+,29+,30-;21-,23+,24-,28-,29+,35-;;/m01../s1. The molecule has 0 spiro atoms. The van der Waals surface area contributed by atoms with Gasteiger partial charge in [-0.1, -0.05) is 106 Å². The van der Waals surface area contributed by atoms with Gasteiger partial charge in [-0.25, -0.2) is 32.5 Å². The zero-order chi connectivity index (χ0) is 66.0. The number of benzene rings is 2. The number of amides is 2. The molecule has 7 aliphatic rings. The van der Waals surface area contributed by atoms with Crippen LogP contribution in [0.4, 0.5) is 17.6 Å². The van der Waals surface area contributed by atoms with Crippen molar-refractivity contribution < 1.29 is 112 Å². The Labute approximate surface area is 572 Å². The van der Waals surface area contributed by atoms with Crippen LogP contribution in [0.15, 0.2) is 36.4 Å². The Morgan fingerprint density at radius 3 is 1.51 bits per heavy atom. The monoisotopic (exact) mass is 1380 g/mol. The Bertz CT molecular complexity index is 3230. The van der Waals surface area contributed by atoms with E-state index in [0.29, 0.717) is 76.9 Å². The number of carbonyl (C=O) groups is 4. The van der Waals surface area contributed by atoms with Crippen LogP contribution in [-0.4, -0.2) is 128 Å². The van der Waals surface area contributed by atoms with Crippen molar-refractivity contribution in [1.29, 1.82) is 0 Å². The Hall–Kier alpha value is -5.57. The van der Waals surface area contributed by atoms with E-state index < -0.39 is 65.8 Å². The van der Waals surface area contributed by atoms with Crippen LogP contribution in [0.1, 0.15) is 183 Å². The molecular weight excluding hydrogens is 1290 g/mol. The van der Waals surface area contributed by atoms with E-state index in [2.05, 4.69) is 22.0 Å². The first-order valence-corrected chi connectivity index (χ1v) is 33.4. The second kappa shape index (κ2) is 31.3. The second-order valence-electron chi connectivity index (χ2n) is 29.0. The van der Waals surface area contributed by atoms with Gasteiger partial charge in [0, 0.05) is 49.2 Å². The third kappa shape index (κ3) is 17.0. The number of carbonyl (C=O) groups excluding carboxylic acids is 6. The van der Waals surface area contributed by atoms with Crippen molar-refractivity contribution in [3.05, 3.63) is 47.8 Å². The van der Waals surface area contributed by atoms with E-state index in [-0.39, 0.29) is 134 Å². The molecule has 2 radical (unpaired) electrons. The van der Waals surface area contributed by atoms with Crippen LogP contribution >= 0.6 is 0 Å². The van der Waals surface area contributed by atoms with Crippen LogP contribution in [0.5, 0.6) is 23.3 Å². The van der Waals surface area contributed by atoms with Crippen LogP contribution < -0.4 is 18.9 Å². The molecule has 4 bridgehead atoms. The average molecular weight is 1390 g/mol. The molecule has 3 aliphatic carbocycles. The second-order valence-corrected chi connectivity index (χ2v) is 29.0. The molecule has 6 heterocycles. The van der Waals surface area contributed by atoms with E-state index in [9.17, 15) is 46.3 Å². The number of alkyl halides is 4. The van der Waals surface area contributed by atoms with Gasteiger partial charge in [0.1, 0.15) is 46.8 Å². The van der Waals surface area contributed by atoms with E-state index in [1.165, 1.54) is 40.5 Å². The number of rotatable bonds is 8. The maximum absolute atomic E-state index is 14.3. The van der Waals surface area contributed by atoms with Crippen molar-refractivity contribution in [1.82, 2.24) is 29.7 Å². The first-order valence-electron chi connectivity index (χ1n) is 33.4. The molecule has 2 saturated heterocycles. The van der Waals surface area contributed by atoms with Crippen LogP contribution in [0.3, 0.4) is 0 Å². The first-order chi connectivity index (χ1) is 43.8. The van der Waals surface area contributed by atoms with E-state index in [4.69, 9.17) is 38.9 Å². The maximum atomic E-state index is 14.3. The molecule has 512 valence electrons. The summed E-state index contributed by atoms with van der Waals surface area (Å²) in [6.45, 7) is 11.6. The van der Waals surface area contributed by atoms with Gasteiger partial charge in [-0.3, -0.25) is 19.2 Å². The van der Waals surface area contributed by atoms with Gasteiger partial charge in [-0.05, 0) is 148 Å². The normalized spacial score (nSPS) is 30.3. The molecule has 4 aromatic rings. The van der Waals surface area contributed by atoms with E-state index in [1.54, 1.807) is 12.1 Å². The fourth-order valence-electron chi connectivity index (χ4n) is 15.6. The Balaban J connectivity index is 0.000000236. The molecule has 2 aromatic carbocycles. The summed E-state index contributed by atoms with van der Waals surface area (Å²) in [5.41, 5.74) is 1.28. The van der Waals surface area contributed by atoms with E-state index in [0.717, 1.165) is 77.0 Å². The third-order valence-corrected chi connectivity index (χ3v) is 20.9. The zero-order valence-electron chi connectivity index (χ0n) is 55.5. The quantitative estimate of drug-likeness (QED) is 0.0910. The van der Waals surface area contributed by atoms with Crippen LogP contribution in [0.2, 0.25) is 0 Å². The summed E-state index contributed by atoms with van der Waals surface area (Å²) < 4.78 is 86.3. The molecule has 24 heteroatoms. The number of esters is 2. The van der Waals surface area contributed by atoms with E-state index in [1.807, 2.05) is 62.3 Å². The van der Waals surface area contributed by atoms with Crippen molar-refractivity contribution in [2.45, 2.75) is 234 Å². The predicted molar refractivity (Wildman–Crippen MR) is 332 cm³/mol. The number of fused-ring (bicyclic) bond motifs is 12. The van der Waals surface area contributed by atoms with Gasteiger partial charge in [-0.2, -0.15) is 17.6 Å². The number of nitrogens with zero attached hydrogens (tertiary/aromatic N) is 6. The maximum Gasteiger partial charge on any atom is 0.387 e. The fourth-order valence-corrected chi connectivity index (χ4v) is 15.6. The smallest absolute Gasteiger partial charge is 0.387 e. The van der Waals surface area contributed by atoms with E-state index >= 15 is 0 Å². The topological polar surface area (TPSA) is 216 Å². The van der Waals surface area contributed by atoms with Crippen molar-refractivity contribution in [2.24, 2.45) is 58.2 Å². The molecule has 2 amide bonds. The fraction of sp³-hybridized carbons (Fsp3) is 0.686. The molecule has 2 aromatic heterocycles. The molecular formula is C70H90F4N6O12V2-2. The zero-order valence-corrected chi connectivity index (χ0v) is 58.3. The summed E-state index contributed by atoms with van der Waals surface area (Å²) >= 11 is 0. The molecule has 14 atom stereocenters. The molecule has 11 rings (SSSR count). The average Bonchev–Trinajstić information content (AvgIpc) is 1.61. The number of aromatic nitrogens is 4. The molecule has 4 aliphatic heterocycles. The molecule has 3 saturated carbocycles. The SMILES string of the molecule is CC[C@@H]1[C@@H]2CN(C(=O)[C@H](C(C)(C)C)CC(=O)O[C@@H]3CC4CC4[C@H]3CCCCCc3nc4ccc(OC(F)F)cc4nc3O2)[C@@H]1[C-]=O.CC[C@@H]1[C@@H]2CN(C(=O)[C@H](C(C)(C)C)CC(=O)O[C@]3(C)CCC[C@H]3CCCCCc3nc4ccc(OC(F)F)cc4nc3O2)[C@@H]1[C-]=O.[V].[V]. The summed E-state index contributed by atoms with van der Waals surface area (Å²) in [6.07, 6.45) is 17.2. The summed E-state index contributed by atoms with van der Waals surface area (Å²) in [5.74, 6) is -1.31. The molecule has 18 nitrogen and oxygen atoms in total. The molecule has 2 unspecified atom stereocenters. The summed E-state index contributed by atoms with van der Waals surface area (Å²) in [5, 5.41) is 0. The number of hydrogen-bond acceptors (Lipinski definition) is 16. The van der Waals surface area contributed by atoms with Gasteiger partial charge in [0.25, 0.3) is 0 Å². The first kappa shape index (κ1) is 74.2. The van der Waals surface area contributed by atoms with Gasteiger partial charge >= 0.3 is 25.2 Å². The number of ether oxygens (including phenoxy) is 6. The minimum Gasteiger partial charge on any atom is -0.540 e. The Morgan fingerprint density at radius 1 is 0.585 bits per heavy atom. The largest absolute Gasteiger partial charge is 0.540 e. The Kier molecular flexibility index (Phi) is 24.7. The number of halogens is 4. The van der Waals surface area contributed by atoms with Gasteiger partial charge in [0.15, 0.2) is 0 Å². The minimum atomic E-state index is -2.98. The van der Waals surface area contributed by atoms with Crippen molar-refractivity contribution in [2.75, 3.05) is 13.1 Å². The van der Waals surface area contributed by atoms with Crippen LogP contribution in [0, 0.1) is 58.2 Å². The summed E-state index contributed by atoms with van der Waals surface area (Å²) in [4.78, 5) is 102. The summed E-state index contributed by atoms with van der Waals surface area (Å²) in [6, 6.07) is 7.16. The molecule has 0 N–H and O–H groups in total. The van der Waals surface area contributed by atoms with Crippen molar-refractivity contribution in [3.8, 4) is 23.3 Å². The number of aryl methyl sites for hydroxylation is 2.